The summed E-state index contributed by atoms with van der Waals surface area (Å²) < 4.78 is 0. The van der Waals surface area contributed by atoms with Gasteiger partial charge in [-0.1, -0.05) is 65.5 Å². The molecular formula is C27H46O2. The number of rotatable bonds is 5. The van der Waals surface area contributed by atoms with Crippen LogP contribution in [0.2, 0.25) is 0 Å². The fraction of sp³-hybridized carbons (Fsp3) is 0.926. The molecule has 0 heterocycles. The minimum Gasteiger partial charge on any atom is -0.393 e. The summed E-state index contributed by atoms with van der Waals surface area (Å²) in [6.45, 7) is 12.2. The van der Waals surface area contributed by atoms with Crippen molar-refractivity contribution >= 4 is 0 Å². The molecule has 3 fully saturated rings. The van der Waals surface area contributed by atoms with E-state index in [1.54, 1.807) is 0 Å². The molecule has 3 saturated carbocycles. The number of hydrogen-bond donors (Lipinski definition) is 2. The molecule has 0 amide bonds. The Morgan fingerprint density at radius 2 is 1.72 bits per heavy atom. The molecule has 4 aliphatic carbocycles. The van der Waals surface area contributed by atoms with Gasteiger partial charge in [0, 0.05) is 0 Å². The maximum absolute atomic E-state index is 11.3. The highest BCUT2D eigenvalue weighted by atomic mass is 16.3. The quantitative estimate of drug-likeness (QED) is 0.525. The van der Waals surface area contributed by atoms with Crippen LogP contribution in [0.4, 0.5) is 0 Å². The molecule has 4 rings (SSSR count). The summed E-state index contributed by atoms with van der Waals surface area (Å²) in [4.78, 5) is 0. The second-order valence-electron chi connectivity index (χ2n) is 12.3. The van der Waals surface area contributed by atoms with Crippen LogP contribution in [-0.4, -0.2) is 22.4 Å². The Hall–Kier alpha value is -0.340. The van der Waals surface area contributed by atoms with Gasteiger partial charge < -0.3 is 10.2 Å². The first-order chi connectivity index (χ1) is 13.7. The van der Waals surface area contributed by atoms with E-state index < -0.39 is 0 Å². The molecule has 0 aromatic heterocycles. The maximum Gasteiger partial charge on any atom is 0.0757 e. The summed E-state index contributed by atoms with van der Waals surface area (Å²) in [5, 5.41) is 21.5. The fourth-order valence-corrected chi connectivity index (χ4v) is 8.65. The summed E-state index contributed by atoms with van der Waals surface area (Å²) in [6.07, 6.45) is 13.9. The molecule has 9 atom stereocenters. The van der Waals surface area contributed by atoms with Gasteiger partial charge in [0.1, 0.15) is 0 Å². The smallest absolute Gasteiger partial charge is 0.0757 e. The van der Waals surface area contributed by atoms with E-state index in [4.69, 9.17) is 0 Å². The van der Waals surface area contributed by atoms with Crippen LogP contribution in [0.15, 0.2) is 11.6 Å². The van der Waals surface area contributed by atoms with Crippen LogP contribution in [0.25, 0.3) is 0 Å². The summed E-state index contributed by atoms with van der Waals surface area (Å²) >= 11 is 0. The molecule has 4 aliphatic rings. The predicted molar refractivity (Wildman–Crippen MR) is 120 cm³/mol. The van der Waals surface area contributed by atoms with Crippen molar-refractivity contribution < 1.29 is 10.2 Å². The minimum absolute atomic E-state index is 0.200. The molecule has 2 heteroatoms. The normalized spacial score (nSPS) is 47.9. The van der Waals surface area contributed by atoms with E-state index in [1.165, 1.54) is 50.5 Å². The molecule has 0 aliphatic heterocycles. The van der Waals surface area contributed by atoms with Gasteiger partial charge in [0.25, 0.3) is 0 Å². The monoisotopic (exact) mass is 402 g/mol. The van der Waals surface area contributed by atoms with Crippen LogP contribution in [0, 0.1) is 46.3 Å². The average molecular weight is 403 g/mol. The van der Waals surface area contributed by atoms with E-state index in [2.05, 4.69) is 40.7 Å². The molecule has 2 N–H and O–H groups in total. The van der Waals surface area contributed by atoms with Gasteiger partial charge in [-0.2, -0.15) is 0 Å². The van der Waals surface area contributed by atoms with Gasteiger partial charge in [-0.3, -0.25) is 0 Å². The molecule has 0 radical (unpaired) electrons. The first kappa shape index (κ1) is 21.9. The Morgan fingerprint density at radius 1 is 0.966 bits per heavy atom. The number of hydrogen-bond acceptors (Lipinski definition) is 2. The van der Waals surface area contributed by atoms with Gasteiger partial charge in [-0.25, -0.2) is 0 Å². The first-order valence-electron chi connectivity index (χ1n) is 12.7. The maximum atomic E-state index is 11.3. The summed E-state index contributed by atoms with van der Waals surface area (Å²) in [5.74, 6) is 4.18. The molecule has 1 unspecified atom stereocenters. The van der Waals surface area contributed by atoms with Crippen LogP contribution in [0.5, 0.6) is 0 Å². The predicted octanol–water partition coefficient (Wildman–Crippen LogP) is 6.36. The van der Waals surface area contributed by atoms with Gasteiger partial charge in [0.05, 0.1) is 12.2 Å². The van der Waals surface area contributed by atoms with Crippen molar-refractivity contribution in [1.29, 1.82) is 0 Å². The molecule has 0 saturated heterocycles. The Balaban J connectivity index is 1.54. The van der Waals surface area contributed by atoms with Crippen LogP contribution in [0.3, 0.4) is 0 Å². The minimum atomic E-state index is -0.298. The van der Waals surface area contributed by atoms with Gasteiger partial charge in [-0.05, 0) is 91.3 Å². The number of aliphatic hydroxyl groups is 2. The molecule has 29 heavy (non-hydrogen) atoms. The SMILES string of the molecule is CC(C)CCC[C@@H](C)C1CC[C@H]2[C@@H]3[C@@H](O)C=C4C[C@@H](O)CC[C@]4(C)[C@H]3CC[C@]12C. The standard InChI is InChI=1S/C27H46O2/c1-17(2)7-6-8-18(3)21-9-10-22-25-23(12-14-27(21,22)5)26(4)13-11-20(28)15-19(26)16-24(25)29/h16-18,20-25,28-29H,6-15H2,1-5H3/t18-,20+,21?,22+,23+,24+,25+,26+,27-/m1/s1. The summed E-state index contributed by atoms with van der Waals surface area (Å²) in [5.41, 5.74) is 1.99. The van der Waals surface area contributed by atoms with Crippen molar-refractivity contribution in [3.05, 3.63) is 11.6 Å². The number of aliphatic hydroxyl groups excluding tert-OH is 2. The van der Waals surface area contributed by atoms with Crippen molar-refractivity contribution in [3.63, 3.8) is 0 Å². The Kier molecular flexibility index (Phi) is 6.01. The highest BCUT2D eigenvalue weighted by Gasteiger charge is 2.61. The highest BCUT2D eigenvalue weighted by molar-refractivity contribution is 5.27. The molecule has 0 spiro atoms. The van der Waals surface area contributed by atoms with Crippen molar-refractivity contribution in [3.8, 4) is 0 Å². The second-order valence-corrected chi connectivity index (χ2v) is 12.3. The lowest BCUT2D eigenvalue weighted by Gasteiger charge is -2.59. The average Bonchev–Trinajstić information content (AvgIpc) is 3.00. The summed E-state index contributed by atoms with van der Waals surface area (Å²) in [7, 11) is 0. The van der Waals surface area contributed by atoms with Gasteiger partial charge in [-0.15, -0.1) is 0 Å². The molecule has 166 valence electrons. The molecular weight excluding hydrogens is 356 g/mol. The Bertz CT molecular complexity index is 624. The van der Waals surface area contributed by atoms with E-state index >= 15 is 0 Å². The topological polar surface area (TPSA) is 40.5 Å². The third-order valence-electron chi connectivity index (χ3n) is 10.3. The zero-order chi connectivity index (χ0) is 21.0. The lowest BCUT2D eigenvalue weighted by atomic mass is 9.46. The highest BCUT2D eigenvalue weighted by Crippen LogP contribution is 2.67. The molecule has 0 aromatic carbocycles. The van der Waals surface area contributed by atoms with Crippen molar-refractivity contribution in [2.75, 3.05) is 0 Å². The van der Waals surface area contributed by atoms with Crippen molar-refractivity contribution in [1.82, 2.24) is 0 Å². The van der Waals surface area contributed by atoms with E-state index in [1.807, 2.05) is 0 Å². The largest absolute Gasteiger partial charge is 0.393 e. The van der Waals surface area contributed by atoms with Gasteiger partial charge in [0.2, 0.25) is 0 Å². The molecule has 2 nitrogen and oxygen atoms in total. The van der Waals surface area contributed by atoms with Crippen molar-refractivity contribution in [2.45, 2.75) is 111 Å². The van der Waals surface area contributed by atoms with E-state index in [9.17, 15) is 10.2 Å². The summed E-state index contributed by atoms with van der Waals surface area (Å²) in [6, 6.07) is 0. The molecule has 0 aromatic rings. The Morgan fingerprint density at radius 3 is 2.45 bits per heavy atom. The van der Waals surface area contributed by atoms with Crippen LogP contribution < -0.4 is 0 Å². The van der Waals surface area contributed by atoms with Gasteiger partial charge in [0.15, 0.2) is 0 Å². The zero-order valence-electron chi connectivity index (χ0n) is 19.7. The van der Waals surface area contributed by atoms with Gasteiger partial charge >= 0.3 is 0 Å². The lowest BCUT2D eigenvalue weighted by molar-refractivity contribution is -0.0970. The third kappa shape index (κ3) is 3.65. The third-order valence-corrected chi connectivity index (χ3v) is 10.3. The van der Waals surface area contributed by atoms with E-state index in [-0.39, 0.29) is 17.6 Å². The van der Waals surface area contributed by atoms with Crippen molar-refractivity contribution in [2.24, 2.45) is 46.3 Å². The lowest BCUT2D eigenvalue weighted by Crippen LogP contribution is -2.54. The zero-order valence-corrected chi connectivity index (χ0v) is 19.7. The van der Waals surface area contributed by atoms with Crippen LogP contribution in [-0.2, 0) is 0 Å². The van der Waals surface area contributed by atoms with Crippen LogP contribution >= 0.6 is 0 Å². The fourth-order valence-electron chi connectivity index (χ4n) is 8.65. The van der Waals surface area contributed by atoms with Crippen LogP contribution in [0.1, 0.15) is 98.8 Å². The first-order valence-corrected chi connectivity index (χ1v) is 12.7. The molecule has 0 bridgehead atoms. The van der Waals surface area contributed by atoms with E-state index in [0.717, 1.165) is 37.0 Å². The second kappa shape index (κ2) is 7.97. The Labute approximate surface area is 179 Å². The number of fused-ring (bicyclic) bond motifs is 5. The van der Waals surface area contributed by atoms with E-state index in [0.29, 0.717) is 23.2 Å².